The molecule has 2 aromatic rings. The van der Waals surface area contributed by atoms with Crippen LogP contribution in [-0.2, 0) is 10.0 Å². The largest absolute Gasteiger partial charge is 0.398 e. The fourth-order valence-corrected chi connectivity index (χ4v) is 2.86. The summed E-state index contributed by atoms with van der Waals surface area (Å²) in [7, 11) is -3.89. The van der Waals surface area contributed by atoms with Gasteiger partial charge >= 0.3 is 0 Å². The number of hydrogen-bond donors (Lipinski definition) is 2. The highest BCUT2D eigenvalue weighted by Crippen LogP contribution is 2.24. The standard InChI is InChI=1S/C10H8Cl2N4O2S/c11-6-1-2-7(13)8(3-6)19(17,18)16-10-4-9(12)14-5-15-10/h1-5H,13H2,(H,14,15,16). The Bertz CT molecular complexity index is 721. The number of rotatable bonds is 3. The number of benzene rings is 1. The smallest absolute Gasteiger partial charge is 0.265 e. The van der Waals surface area contributed by atoms with Crippen LogP contribution in [0.2, 0.25) is 10.2 Å². The number of nitrogens with two attached hydrogens (primary N) is 1. The average Bonchev–Trinajstić information content (AvgIpc) is 2.31. The predicted molar refractivity (Wildman–Crippen MR) is 73.7 cm³/mol. The summed E-state index contributed by atoms with van der Waals surface area (Å²) in [6, 6.07) is 5.43. The zero-order valence-corrected chi connectivity index (χ0v) is 11.7. The Balaban J connectivity index is 2.40. The van der Waals surface area contributed by atoms with Gasteiger partial charge in [0, 0.05) is 11.1 Å². The molecule has 0 aliphatic rings. The van der Waals surface area contributed by atoms with Gasteiger partial charge in [-0.05, 0) is 18.2 Å². The van der Waals surface area contributed by atoms with Crippen molar-refractivity contribution < 1.29 is 8.42 Å². The summed E-state index contributed by atoms with van der Waals surface area (Å²) in [5.74, 6) is 0.0411. The molecular weight excluding hydrogens is 311 g/mol. The molecule has 9 heteroatoms. The van der Waals surface area contributed by atoms with Crippen molar-refractivity contribution in [1.29, 1.82) is 0 Å². The quantitative estimate of drug-likeness (QED) is 0.667. The van der Waals surface area contributed by atoms with Crippen LogP contribution in [0.5, 0.6) is 0 Å². The minimum atomic E-state index is -3.89. The summed E-state index contributed by atoms with van der Waals surface area (Å²) in [6.07, 6.45) is 1.14. The summed E-state index contributed by atoms with van der Waals surface area (Å²) in [5.41, 5.74) is 5.70. The van der Waals surface area contributed by atoms with E-state index in [0.717, 1.165) is 6.33 Å². The van der Waals surface area contributed by atoms with Crippen molar-refractivity contribution in [1.82, 2.24) is 9.97 Å². The van der Waals surface area contributed by atoms with Gasteiger partial charge in [0.05, 0.1) is 5.69 Å². The minimum Gasteiger partial charge on any atom is -0.398 e. The molecule has 0 unspecified atom stereocenters. The van der Waals surface area contributed by atoms with Crippen molar-refractivity contribution in [2.45, 2.75) is 4.90 Å². The number of halogens is 2. The minimum absolute atomic E-state index is 0.0411. The summed E-state index contributed by atoms with van der Waals surface area (Å²) < 4.78 is 26.5. The number of aromatic nitrogens is 2. The molecule has 100 valence electrons. The molecule has 2 rings (SSSR count). The van der Waals surface area contributed by atoms with Gasteiger partial charge < -0.3 is 5.73 Å². The number of nitrogen functional groups attached to an aromatic ring is 1. The van der Waals surface area contributed by atoms with E-state index in [9.17, 15) is 8.42 Å². The second kappa shape index (κ2) is 5.20. The lowest BCUT2D eigenvalue weighted by Gasteiger charge is -2.09. The monoisotopic (exact) mass is 318 g/mol. The number of nitrogens with one attached hydrogen (secondary N) is 1. The molecule has 6 nitrogen and oxygen atoms in total. The van der Waals surface area contributed by atoms with E-state index >= 15 is 0 Å². The van der Waals surface area contributed by atoms with E-state index in [1.807, 2.05) is 0 Å². The van der Waals surface area contributed by atoms with Crippen LogP contribution in [0.15, 0.2) is 35.5 Å². The number of hydrogen-bond acceptors (Lipinski definition) is 5. The maximum absolute atomic E-state index is 12.1. The SMILES string of the molecule is Nc1ccc(Cl)cc1S(=O)(=O)Nc1cc(Cl)ncn1. The normalized spacial score (nSPS) is 11.3. The molecule has 0 saturated carbocycles. The average molecular weight is 319 g/mol. The first-order valence-corrected chi connectivity index (χ1v) is 7.18. The van der Waals surface area contributed by atoms with Crippen LogP contribution in [0.1, 0.15) is 0 Å². The van der Waals surface area contributed by atoms with Gasteiger partial charge in [-0.25, -0.2) is 18.4 Å². The summed E-state index contributed by atoms with van der Waals surface area (Å²) >= 11 is 11.4. The van der Waals surface area contributed by atoms with Gasteiger partial charge in [0.1, 0.15) is 22.2 Å². The molecule has 0 bridgehead atoms. The fourth-order valence-electron chi connectivity index (χ4n) is 1.32. The summed E-state index contributed by atoms with van der Waals surface area (Å²) in [6.45, 7) is 0. The Hall–Kier alpha value is -1.57. The highest BCUT2D eigenvalue weighted by molar-refractivity contribution is 7.92. The predicted octanol–water partition coefficient (Wildman–Crippen LogP) is 2.17. The number of sulfonamides is 1. The first kappa shape index (κ1) is 13.9. The van der Waals surface area contributed by atoms with E-state index in [-0.39, 0.29) is 26.6 Å². The van der Waals surface area contributed by atoms with Gasteiger partial charge in [0.25, 0.3) is 10.0 Å². The Kier molecular flexibility index (Phi) is 3.79. The zero-order chi connectivity index (χ0) is 14.0. The lowest BCUT2D eigenvalue weighted by molar-refractivity contribution is 0.601. The molecule has 0 spiro atoms. The maximum atomic E-state index is 12.1. The van der Waals surface area contributed by atoms with Gasteiger partial charge in [0.2, 0.25) is 0 Å². The van der Waals surface area contributed by atoms with E-state index in [0.29, 0.717) is 0 Å². The van der Waals surface area contributed by atoms with Gasteiger partial charge in [0.15, 0.2) is 0 Å². The lowest BCUT2D eigenvalue weighted by Crippen LogP contribution is -2.15. The molecule has 1 heterocycles. The highest BCUT2D eigenvalue weighted by atomic mass is 35.5. The van der Waals surface area contributed by atoms with E-state index in [1.165, 1.54) is 24.3 Å². The van der Waals surface area contributed by atoms with Crippen LogP contribution in [0, 0.1) is 0 Å². The van der Waals surface area contributed by atoms with E-state index in [4.69, 9.17) is 28.9 Å². The molecule has 0 aliphatic carbocycles. The molecule has 0 radical (unpaired) electrons. The molecule has 19 heavy (non-hydrogen) atoms. The van der Waals surface area contributed by atoms with Crippen molar-refractivity contribution >= 4 is 44.7 Å². The Morgan fingerprint density at radius 1 is 1.16 bits per heavy atom. The Morgan fingerprint density at radius 3 is 2.58 bits per heavy atom. The molecule has 3 N–H and O–H groups in total. The van der Waals surface area contributed by atoms with Crippen LogP contribution >= 0.6 is 23.2 Å². The van der Waals surface area contributed by atoms with Crippen LogP contribution in [0.4, 0.5) is 11.5 Å². The van der Waals surface area contributed by atoms with Crippen LogP contribution < -0.4 is 10.5 Å². The molecule has 1 aromatic heterocycles. The summed E-state index contributed by atoms with van der Waals surface area (Å²) in [5, 5.41) is 0.377. The molecule has 0 fully saturated rings. The number of nitrogens with zero attached hydrogens (tertiary/aromatic N) is 2. The van der Waals surface area contributed by atoms with E-state index in [1.54, 1.807) is 0 Å². The van der Waals surface area contributed by atoms with Crippen LogP contribution in [0.3, 0.4) is 0 Å². The van der Waals surface area contributed by atoms with Gasteiger partial charge in [-0.15, -0.1) is 0 Å². The highest BCUT2D eigenvalue weighted by Gasteiger charge is 2.18. The molecule has 1 aromatic carbocycles. The van der Waals surface area contributed by atoms with Crippen LogP contribution in [0.25, 0.3) is 0 Å². The molecule has 0 saturated heterocycles. The lowest BCUT2D eigenvalue weighted by atomic mass is 10.3. The maximum Gasteiger partial charge on any atom is 0.265 e. The Morgan fingerprint density at radius 2 is 1.89 bits per heavy atom. The third kappa shape index (κ3) is 3.25. The molecule has 0 aliphatic heterocycles. The zero-order valence-electron chi connectivity index (χ0n) is 9.34. The van der Waals surface area contributed by atoms with Gasteiger partial charge in [-0.2, -0.15) is 0 Å². The second-order valence-electron chi connectivity index (χ2n) is 3.51. The first-order chi connectivity index (χ1) is 8.88. The molecule has 0 amide bonds. The van der Waals surface area contributed by atoms with Gasteiger partial charge in [-0.3, -0.25) is 4.72 Å². The van der Waals surface area contributed by atoms with Crippen molar-refractivity contribution in [3.63, 3.8) is 0 Å². The van der Waals surface area contributed by atoms with Crippen molar-refractivity contribution in [3.8, 4) is 0 Å². The molecular formula is C10H8Cl2N4O2S. The third-order valence-corrected chi connectivity index (χ3v) is 3.99. The summed E-state index contributed by atoms with van der Waals surface area (Å²) in [4.78, 5) is 7.26. The van der Waals surface area contributed by atoms with Crippen LogP contribution in [-0.4, -0.2) is 18.4 Å². The Labute approximate surface area is 119 Å². The first-order valence-electron chi connectivity index (χ1n) is 4.94. The van der Waals surface area contributed by atoms with Crippen molar-refractivity contribution in [2.75, 3.05) is 10.5 Å². The second-order valence-corrected chi connectivity index (χ2v) is 5.99. The van der Waals surface area contributed by atoms with Crippen molar-refractivity contribution in [2.24, 2.45) is 0 Å². The number of anilines is 2. The van der Waals surface area contributed by atoms with E-state index < -0.39 is 10.0 Å². The van der Waals surface area contributed by atoms with Gasteiger partial charge in [-0.1, -0.05) is 23.2 Å². The molecule has 0 atom stereocenters. The van der Waals surface area contributed by atoms with Crippen molar-refractivity contribution in [3.05, 3.63) is 40.8 Å². The fraction of sp³-hybridized carbons (Fsp3) is 0. The third-order valence-electron chi connectivity index (χ3n) is 2.14. The van der Waals surface area contributed by atoms with E-state index in [2.05, 4.69) is 14.7 Å². The topological polar surface area (TPSA) is 98.0 Å².